The summed E-state index contributed by atoms with van der Waals surface area (Å²) in [5.41, 5.74) is -0.379. The summed E-state index contributed by atoms with van der Waals surface area (Å²) in [5.74, 6) is -4.61. The summed E-state index contributed by atoms with van der Waals surface area (Å²) in [7, 11) is 0. The molecule has 0 radical (unpaired) electrons. The van der Waals surface area contributed by atoms with Gasteiger partial charge in [0.2, 0.25) is 11.5 Å². The molecule has 3 aliphatic rings. The minimum absolute atomic E-state index is 0.0945. The van der Waals surface area contributed by atoms with E-state index in [2.05, 4.69) is 6.58 Å². The van der Waals surface area contributed by atoms with Crippen LogP contribution in [0.2, 0.25) is 0 Å². The zero-order valence-electron chi connectivity index (χ0n) is 17.5. The zero-order valence-corrected chi connectivity index (χ0v) is 17.5. The molecule has 0 aliphatic carbocycles. The lowest BCUT2D eigenvalue weighted by Crippen LogP contribution is -2.41. The Balaban J connectivity index is 1.96. The van der Waals surface area contributed by atoms with Gasteiger partial charge in [0.1, 0.15) is 12.2 Å². The van der Waals surface area contributed by atoms with Crippen molar-refractivity contribution in [2.24, 2.45) is 5.92 Å². The Morgan fingerprint density at radius 1 is 1.40 bits per heavy atom. The SMILES string of the molecule is C=C1C(=O)O[C@@H]2C=C(C)[C@@]3(O)C=C[C@@](C)(C[C@@H](OC(=O)C(=CC)OC(=O)CC)[C@@H]12)O3. The van der Waals surface area contributed by atoms with Crippen molar-refractivity contribution in [2.45, 2.75) is 64.1 Å². The molecule has 0 aromatic rings. The number of carbonyl (C=O) groups is 3. The van der Waals surface area contributed by atoms with E-state index in [1.54, 1.807) is 39.8 Å². The van der Waals surface area contributed by atoms with Crippen LogP contribution in [0.1, 0.15) is 40.5 Å². The van der Waals surface area contributed by atoms with Crippen LogP contribution in [0.15, 0.2) is 47.8 Å². The van der Waals surface area contributed by atoms with Crippen LogP contribution in [0, 0.1) is 5.92 Å². The summed E-state index contributed by atoms with van der Waals surface area (Å²) in [6.07, 6.45) is 4.66. The van der Waals surface area contributed by atoms with Gasteiger partial charge < -0.3 is 24.1 Å². The fourth-order valence-electron chi connectivity index (χ4n) is 3.83. The monoisotopic (exact) mass is 418 g/mol. The van der Waals surface area contributed by atoms with E-state index in [9.17, 15) is 19.5 Å². The first-order valence-corrected chi connectivity index (χ1v) is 9.81. The summed E-state index contributed by atoms with van der Waals surface area (Å²) in [6.45, 7) is 10.4. The van der Waals surface area contributed by atoms with Crippen LogP contribution in [-0.2, 0) is 33.3 Å². The average Bonchev–Trinajstić information content (AvgIpc) is 3.15. The molecule has 0 saturated carbocycles. The minimum atomic E-state index is -1.65. The van der Waals surface area contributed by atoms with Crippen LogP contribution < -0.4 is 0 Å². The van der Waals surface area contributed by atoms with Gasteiger partial charge in [0.05, 0.1) is 11.5 Å². The first-order valence-electron chi connectivity index (χ1n) is 9.81. The van der Waals surface area contributed by atoms with Crippen molar-refractivity contribution in [3.8, 4) is 0 Å². The number of ether oxygens (including phenoxy) is 4. The molecular formula is C22H26O8. The van der Waals surface area contributed by atoms with Gasteiger partial charge >= 0.3 is 17.9 Å². The normalized spacial score (nSPS) is 35.6. The second-order valence-corrected chi connectivity index (χ2v) is 7.84. The van der Waals surface area contributed by atoms with Gasteiger partial charge in [-0.25, -0.2) is 9.59 Å². The molecule has 8 heteroatoms. The Kier molecular flexibility index (Phi) is 5.75. The Morgan fingerprint density at radius 2 is 2.10 bits per heavy atom. The van der Waals surface area contributed by atoms with Crippen molar-refractivity contribution >= 4 is 17.9 Å². The molecule has 162 valence electrons. The van der Waals surface area contributed by atoms with E-state index in [0.717, 1.165) is 0 Å². The molecule has 3 aliphatic heterocycles. The second kappa shape index (κ2) is 7.85. The number of hydrogen-bond donors (Lipinski definition) is 1. The van der Waals surface area contributed by atoms with E-state index < -0.39 is 47.4 Å². The minimum Gasteiger partial charge on any atom is -0.456 e. The van der Waals surface area contributed by atoms with Gasteiger partial charge in [-0.2, -0.15) is 0 Å². The molecule has 8 nitrogen and oxygen atoms in total. The lowest BCUT2D eigenvalue weighted by molar-refractivity contribution is -0.189. The van der Waals surface area contributed by atoms with E-state index in [4.69, 9.17) is 18.9 Å². The third-order valence-corrected chi connectivity index (χ3v) is 5.53. The summed E-state index contributed by atoms with van der Waals surface area (Å²) < 4.78 is 22.0. The Hall–Kier alpha value is -2.71. The van der Waals surface area contributed by atoms with Crippen LogP contribution in [-0.4, -0.2) is 46.6 Å². The third-order valence-electron chi connectivity index (χ3n) is 5.53. The Bertz CT molecular complexity index is 882. The summed E-state index contributed by atoms with van der Waals surface area (Å²) in [4.78, 5) is 36.6. The number of allylic oxidation sites excluding steroid dienone is 1. The van der Waals surface area contributed by atoms with Crippen LogP contribution >= 0.6 is 0 Å². The maximum absolute atomic E-state index is 12.7. The molecule has 0 aromatic heterocycles. The molecule has 3 rings (SSSR count). The van der Waals surface area contributed by atoms with Gasteiger partial charge in [-0.3, -0.25) is 4.79 Å². The standard InChI is InChI=1S/C22H26O8/c1-6-14(27-17(23)7-2)20(25)29-16-11-21(5)8-9-22(26,30-21)12(3)10-15-18(16)13(4)19(24)28-15/h6,8-10,15-16,18,26H,4,7,11H2,1-3,5H3/t15-,16-,18+,21+,22-/m1/s1. The van der Waals surface area contributed by atoms with Gasteiger partial charge in [0.25, 0.3) is 0 Å². The Labute approximate surface area is 174 Å². The highest BCUT2D eigenvalue weighted by atomic mass is 16.6. The van der Waals surface area contributed by atoms with Gasteiger partial charge in [-0.1, -0.05) is 19.6 Å². The van der Waals surface area contributed by atoms with Crippen molar-refractivity contribution in [1.29, 1.82) is 0 Å². The number of fused-ring (bicyclic) bond motifs is 3. The smallest absolute Gasteiger partial charge is 0.374 e. The van der Waals surface area contributed by atoms with Crippen LogP contribution in [0.4, 0.5) is 0 Å². The quantitative estimate of drug-likeness (QED) is 0.243. The molecule has 1 fully saturated rings. The summed E-state index contributed by atoms with van der Waals surface area (Å²) in [6, 6.07) is 0. The average molecular weight is 418 g/mol. The number of esters is 3. The molecule has 2 bridgehead atoms. The number of carbonyl (C=O) groups excluding carboxylic acids is 3. The number of hydrogen-bond acceptors (Lipinski definition) is 8. The maximum atomic E-state index is 12.7. The number of aliphatic hydroxyl groups is 1. The van der Waals surface area contributed by atoms with Crippen LogP contribution in [0.25, 0.3) is 0 Å². The van der Waals surface area contributed by atoms with E-state index in [1.807, 2.05) is 0 Å². The van der Waals surface area contributed by atoms with E-state index >= 15 is 0 Å². The van der Waals surface area contributed by atoms with Crippen LogP contribution in [0.3, 0.4) is 0 Å². The molecular weight excluding hydrogens is 392 g/mol. The molecule has 0 spiro atoms. The van der Waals surface area contributed by atoms with Crippen molar-refractivity contribution < 1.29 is 38.4 Å². The molecule has 1 N–H and O–H groups in total. The molecule has 5 atom stereocenters. The molecule has 1 saturated heterocycles. The fourth-order valence-corrected chi connectivity index (χ4v) is 3.83. The van der Waals surface area contributed by atoms with Crippen molar-refractivity contribution in [2.75, 3.05) is 0 Å². The van der Waals surface area contributed by atoms with Gasteiger partial charge in [-0.15, -0.1) is 0 Å². The lowest BCUT2D eigenvalue weighted by Gasteiger charge is -2.33. The first-order chi connectivity index (χ1) is 14.0. The highest BCUT2D eigenvalue weighted by molar-refractivity contribution is 5.92. The predicted molar refractivity (Wildman–Crippen MR) is 104 cm³/mol. The molecule has 0 amide bonds. The van der Waals surface area contributed by atoms with Gasteiger partial charge in [0, 0.05) is 18.4 Å². The van der Waals surface area contributed by atoms with E-state index in [0.29, 0.717) is 5.57 Å². The van der Waals surface area contributed by atoms with Gasteiger partial charge in [0.15, 0.2) is 0 Å². The summed E-state index contributed by atoms with van der Waals surface area (Å²) >= 11 is 0. The molecule has 30 heavy (non-hydrogen) atoms. The zero-order chi connectivity index (χ0) is 22.3. The molecule has 0 unspecified atom stereocenters. The second-order valence-electron chi connectivity index (χ2n) is 7.84. The summed E-state index contributed by atoms with van der Waals surface area (Å²) in [5, 5.41) is 10.8. The van der Waals surface area contributed by atoms with Gasteiger partial charge in [-0.05, 0) is 44.6 Å². The van der Waals surface area contributed by atoms with Crippen LogP contribution in [0.5, 0.6) is 0 Å². The maximum Gasteiger partial charge on any atom is 0.374 e. The fraction of sp³-hybridized carbons (Fsp3) is 0.500. The Morgan fingerprint density at radius 3 is 2.73 bits per heavy atom. The molecule has 3 heterocycles. The van der Waals surface area contributed by atoms with Crippen molar-refractivity contribution in [3.63, 3.8) is 0 Å². The van der Waals surface area contributed by atoms with Crippen molar-refractivity contribution in [3.05, 3.63) is 47.8 Å². The highest BCUT2D eigenvalue weighted by Gasteiger charge is 2.52. The number of rotatable bonds is 4. The third kappa shape index (κ3) is 3.97. The largest absolute Gasteiger partial charge is 0.456 e. The first kappa shape index (κ1) is 22.0. The topological polar surface area (TPSA) is 108 Å². The molecule has 0 aromatic carbocycles. The lowest BCUT2D eigenvalue weighted by atomic mass is 9.83. The van der Waals surface area contributed by atoms with E-state index in [1.165, 1.54) is 12.2 Å². The van der Waals surface area contributed by atoms with Crippen molar-refractivity contribution in [1.82, 2.24) is 0 Å². The van der Waals surface area contributed by atoms with E-state index in [-0.39, 0.29) is 24.2 Å². The highest BCUT2D eigenvalue weighted by Crippen LogP contribution is 2.44. The predicted octanol–water partition coefficient (Wildman–Crippen LogP) is 2.24.